The summed E-state index contributed by atoms with van der Waals surface area (Å²) in [5.41, 5.74) is 1.64. The van der Waals surface area contributed by atoms with E-state index in [1.807, 2.05) is 72.8 Å². The number of carbonyl (C=O) groups is 1. The van der Waals surface area contributed by atoms with Crippen LogP contribution in [0.1, 0.15) is 37.9 Å². The summed E-state index contributed by atoms with van der Waals surface area (Å²) in [6.45, 7) is 2.10. The molecule has 3 aromatic carbocycles. The highest BCUT2D eigenvalue weighted by Gasteiger charge is 2.30. The van der Waals surface area contributed by atoms with Gasteiger partial charge >= 0.3 is 0 Å². The lowest BCUT2D eigenvalue weighted by molar-refractivity contribution is -0.126. The number of rotatable bonds is 7. The van der Waals surface area contributed by atoms with E-state index in [2.05, 4.69) is 6.92 Å². The fourth-order valence-corrected chi connectivity index (χ4v) is 3.49. The molecule has 1 amide bonds. The Morgan fingerprint density at radius 3 is 2.33 bits per heavy atom. The Hall–Kier alpha value is -2.65. The number of hydrogen-bond donors (Lipinski definition) is 1. The molecule has 0 bridgehead atoms. The molecule has 3 heteroatoms. The van der Waals surface area contributed by atoms with Gasteiger partial charge in [-0.15, -0.1) is 0 Å². The first kappa shape index (κ1) is 19.1. The fraction of sp³-hybridized carbons (Fsp3) is 0.292. The van der Waals surface area contributed by atoms with Crippen LogP contribution in [0.3, 0.4) is 0 Å². The minimum Gasteiger partial charge on any atom is -0.388 e. The number of amides is 1. The van der Waals surface area contributed by atoms with E-state index >= 15 is 0 Å². The first-order chi connectivity index (χ1) is 13.1. The fourth-order valence-electron chi connectivity index (χ4n) is 3.49. The van der Waals surface area contributed by atoms with Crippen molar-refractivity contribution in [1.82, 2.24) is 0 Å². The van der Waals surface area contributed by atoms with Gasteiger partial charge in [0.25, 0.3) is 0 Å². The number of para-hydroxylation sites is 1. The third-order valence-electron chi connectivity index (χ3n) is 5.16. The lowest BCUT2D eigenvalue weighted by Gasteiger charge is -2.28. The third kappa shape index (κ3) is 4.37. The Morgan fingerprint density at radius 1 is 0.963 bits per heavy atom. The molecular weight excluding hydrogens is 334 g/mol. The quantitative estimate of drug-likeness (QED) is 0.617. The predicted molar refractivity (Wildman–Crippen MR) is 112 cm³/mol. The maximum atomic E-state index is 13.2. The second kappa shape index (κ2) is 8.83. The van der Waals surface area contributed by atoms with Crippen LogP contribution in [0.5, 0.6) is 0 Å². The van der Waals surface area contributed by atoms with Crippen molar-refractivity contribution in [1.29, 1.82) is 0 Å². The molecule has 0 aromatic heterocycles. The molecule has 27 heavy (non-hydrogen) atoms. The zero-order chi connectivity index (χ0) is 19.2. The van der Waals surface area contributed by atoms with Crippen molar-refractivity contribution in [2.24, 2.45) is 5.92 Å². The van der Waals surface area contributed by atoms with E-state index < -0.39 is 12.0 Å². The van der Waals surface area contributed by atoms with Crippen LogP contribution in [0.25, 0.3) is 10.8 Å². The number of aliphatic hydroxyl groups excluding tert-OH is 1. The van der Waals surface area contributed by atoms with Crippen molar-refractivity contribution in [2.75, 3.05) is 11.9 Å². The van der Waals surface area contributed by atoms with Crippen molar-refractivity contribution in [3.63, 3.8) is 0 Å². The summed E-state index contributed by atoms with van der Waals surface area (Å²) in [5, 5.41) is 13.3. The van der Waals surface area contributed by atoms with E-state index in [1.165, 1.54) is 0 Å². The van der Waals surface area contributed by atoms with Gasteiger partial charge in [-0.1, -0.05) is 74.4 Å². The summed E-state index contributed by atoms with van der Waals surface area (Å²) in [7, 11) is 1.78. The van der Waals surface area contributed by atoms with Gasteiger partial charge in [-0.2, -0.15) is 0 Å². The SMILES string of the molecule is CCCC[C@H](C(=O)N(C)c1ccccc1)[C@@H](O)c1ccc2ccccc2c1. The van der Waals surface area contributed by atoms with Crippen LogP contribution >= 0.6 is 0 Å². The van der Waals surface area contributed by atoms with E-state index in [0.717, 1.165) is 34.9 Å². The van der Waals surface area contributed by atoms with Crippen molar-refractivity contribution >= 4 is 22.4 Å². The Kier molecular flexibility index (Phi) is 6.25. The van der Waals surface area contributed by atoms with Gasteiger partial charge in [-0.05, 0) is 41.0 Å². The number of anilines is 1. The minimum atomic E-state index is -0.820. The monoisotopic (exact) mass is 361 g/mol. The number of hydrogen-bond acceptors (Lipinski definition) is 2. The van der Waals surface area contributed by atoms with Gasteiger partial charge in [0.1, 0.15) is 0 Å². The van der Waals surface area contributed by atoms with Crippen molar-refractivity contribution in [3.05, 3.63) is 78.4 Å². The van der Waals surface area contributed by atoms with Gasteiger partial charge in [0.05, 0.1) is 12.0 Å². The predicted octanol–water partition coefficient (Wildman–Crippen LogP) is 5.34. The first-order valence-electron chi connectivity index (χ1n) is 9.61. The highest BCUT2D eigenvalue weighted by atomic mass is 16.3. The smallest absolute Gasteiger partial charge is 0.232 e. The Balaban J connectivity index is 1.89. The molecule has 0 spiro atoms. The van der Waals surface area contributed by atoms with Crippen molar-refractivity contribution in [3.8, 4) is 0 Å². The number of nitrogens with zero attached hydrogens (tertiary/aromatic N) is 1. The summed E-state index contributed by atoms with van der Waals surface area (Å²) in [6, 6.07) is 23.6. The zero-order valence-electron chi connectivity index (χ0n) is 16.0. The molecule has 0 saturated carbocycles. The van der Waals surface area contributed by atoms with E-state index in [4.69, 9.17) is 0 Å². The number of unbranched alkanes of at least 4 members (excludes halogenated alkanes) is 1. The molecule has 0 heterocycles. The van der Waals surface area contributed by atoms with Gasteiger partial charge < -0.3 is 10.0 Å². The van der Waals surface area contributed by atoms with E-state index in [-0.39, 0.29) is 5.91 Å². The van der Waals surface area contributed by atoms with Gasteiger partial charge in [0, 0.05) is 12.7 Å². The summed E-state index contributed by atoms with van der Waals surface area (Å²) in [4.78, 5) is 14.9. The average Bonchev–Trinajstić information content (AvgIpc) is 2.73. The van der Waals surface area contributed by atoms with Crippen LogP contribution in [0.2, 0.25) is 0 Å². The molecule has 140 valence electrons. The molecule has 0 aliphatic carbocycles. The minimum absolute atomic E-state index is 0.0460. The van der Waals surface area contributed by atoms with E-state index in [1.54, 1.807) is 11.9 Å². The molecule has 0 aliphatic heterocycles. The van der Waals surface area contributed by atoms with Gasteiger partial charge in [-0.25, -0.2) is 0 Å². The Labute approximate surface area is 161 Å². The highest BCUT2D eigenvalue weighted by molar-refractivity contribution is 5.95. The van der Waals surface area contributed by atoms with Gasteiger partial charge in [0.2, 0.25) is 5.91 Å². The number of aliphatic hydroxyl groups is 1. The molecule has 3 rings (SSSR count). The van der Waals surface area contributed by atoms with Crippen LogP contribution < -0.4 is 4.90 Å². The van der Waals surface area contributed by atoms with Crippen LogP contribution in [0.15, 0.2) is 72.8 Å². The molecule has 0 fully saturated rings. The highest BCUT2D eigenvalue weighted by Crippen LogP contribution is 2.31. The largest absolute Gasteiger partial charge is 0.388 e. The van der Waals surface area contributed by atoms with Crippen LogP contribution in [0, 0.1) is 5.92 Å². The third-order valence-corrected chi connectivity index (χ3v) is 5.16. The van der Waals surface area contributed by atoms with Crippen LogP contribution in [-0.2, 0) is 4.79 Å². The molecule has 3 nitrogen and oxygen atoms in total. The van der Waals surface area contributed by atoms with Gasteiger partial charge in [-0.3, -0.25) is 4.79 Å². The van der Waals surface area contributed by atoms with Crippen molar-refractivity contribution < 1.29 is 9.90 Å². The lowest BCUT2D eigenvalue weighted by atomic mass is 9.89. The molecule has 2 atom stereocenters. The molecule has 1 N–H and O–H groups in total. The maximum Gasteiger partial charge on any atom is 0.232 e. The Morgan fingerprint density at radius 2 is 1.63 bits per heavy atom. The summed E-state index contributed by atoms with van der Waals surface area (Å²) < 4.78 is 0. The van der Waals surface area contributed by atoms with Crippen LogP contribution in [0.4, 0.5) is 5.69 Å². The molecule has 0 saturated heterocycles. The molecule has 0 radical (unpaired) electrons. The number of carbonyl (C=O) groups excluding carboxylic acids is 1. The standard InChI is InChI=1S/C24H27NO2/c1-3-4-14-22(24(27)25(2)21-12-6-5-7-13-21)23(26)20-16-15-18-10-8-9-11-19(18)17-20/h5-13,15-17,22-23,26H,3-4,14H2,1-2H3/t22-,23-/m0/s1. The Bertz CT molecular complexity index is 891. The molecular formula is C24H27NO2. The molecule has 0 aliphatic rings. The molecule has 3 aromatic rings. The first-order valence-corrected chi connectivity index (χ1v) is 9.61. The van der Waals surface area contributed by atoms with Gasteiger partial charge in [0.15, 0.2) is 0 Å². The van der Waals surface area contributed by atoms with E-state index in [9.17, 15) is 9.90 Å². The number of benzene rings is 3. The average molecular weight is 361 g/mol. The topological polar surface area (TPSA) is 40.5 Å². The lowest BCUT2D eigenvalue weighted by Crippen LogP contribution is -2.36. The number of fused-ring (bicyclic) bond motifs is 1. The summed E-state index contributed by atoms with van der Waals surface area (Å²) in [6.07, 6.45) is 1.74. The summed E-state index contributed by atoms with van der Waals surface area (Å²) >= 11 is 0. The second-order valence-corrected chi connectivity index (χ2v) is 7.03. The van der Waals surface area contributed by atoms with Crippen LogP contribution in [-0.4, -0.2) is 18.1 Å². The normalized spacial score (nSPS) is 13.3. The maximum absolute atomic E-state index is 13.2. The second-order valence-electron chi connectivity index (χ2n) is 7.03. The van der Waals surface area contributed by atoms with Crippen molar-refractivity contribution in [2.45, 2.75) is 32.3 Å². The summed E-state index contributed by atoms with van der Waals surface area (Å²) in [5.74, 6) is -0.508. The van der Waals surface area contributed by atoms with E-state index in [0.29, 0.717) is 6.42 Å². The molecule has 0 unspecified atom stereocenters. The zero-order valence-corrected chi connectivity index (χ0v) is 16.0.